The van der Waals surface area contributed by atoms with Gasteiger partial charge >= 0.3 is 5.97 Å². The van der Waals surface area contributed by atoms with Crippen LogP contribution in [-0.4, -0.2) is 33.3 Å². The van der Waals surface area contributed by atoms with Crippen molar-refractivity contribution in [3.8, 4) is 0 Å². The van der Waals surface area contributed by atoms with Gasteiger partial charge < -0.3 is 14.5 Å². The number of esters is 1. The number of nitrogens with one attached hydrogen (secondary N) is 1. The molecular weight excluding hydrogens is 282 g/mol. The van der Waals surface area contributed by atoms with Gasteiger partial charge in [0, 0.05) is 0 Å². The van der Waals surface area contributed by atoms with Gasteiger partial charge in [0.25, 0.3) is 0 Å². The van der Waals surface area contributed by atoms with Gasteiger partial charge in [0.15, 0.2) is 9.84 Å². The summed E-state index contributed by atoms with van der Waals surface area (Å²) >= 11 is 0. The van der Waals surface area contributed by atoms with Crippen molar-refractivity contribution in [1.29, 1.82) is 0 Å². The minimum atomic E-state index is -3.56. The number of furan rings is 1. The molecule has 0 aliphatic carbocycles. The molecule has 0 atom stereocenters. The summed E-state index contributed by atoms with van der Waals surface area (Å²) in [5.41, 5.74) is 0. The van der Waals surface area contributed by atoms with Gasteiger partial charge in [0.05, 0.1) is 13.2 Å². The van der Waals surface area contributed by atoms with Crippen LogP contribution in [-0.2, 0) is 31.7 Å². The second-order valence-corrected chi connectivity index (χ2v) is 6.45. The zero-order valence-corrected chi connectivity index (χ0v) is 12.7. The van der Waals surface area contributed by atoms with Crippen molar-refractivity contribution in [1.82, 2.24) is 5.32 Å². The van der Waals surface area contributed by atoms with Crippen molar-refractivity contribution >= 4 is 15.8 Å². The summed E-state index contributed by atoms with van der Waals surface area (Å²) in [7, 11) is -3.56. The zero-order chi connectivity index (χ0) is 15.0. The molecule has 0 aliphatic heterocycles. The van der Waals surface area contributed by atoms with E-state index in [9.17, 15) is 13.2 Å². The molecule has 114 valence electrons. The molecule has 20 heavy (non-hydrogen) atoms. The number of rotatable bonds is 9. The Kier molecular flexibility index (Phi) is 6.74. The van der Waals surface area contributed by atoms with Gasteiger partial charge in [-0.1, -0.05) is 6.92 Å². The normalized spacial score (nSPS) is 11.5. The van der Waals surface area contributed by atoms with E-state index in [2.05, 4.69) is 17.0 Å². The second kappa shape index (κ2) is 8.06. The monoisotopic (exact) mass is 303 g/mol. The van der Waals surface area contributed by atoms with Crippen molar-refractivity contribution in [3.05, 3.63) is 23.7 Å². The third-order valence-corrected chi connectivity index (χ3v) is 3.85. The predicted octanol–water partition coefficient (Wildman–Crippen LogP) is 1.26. The van der Waals surface area contributed by atoms with Crippen molar-refractivity contribution in [2.24, 2.45) is 0 Å². The molecule has 1 aromatic rings. The van der Waals surface area contributed by atoms with Gasteiger partial charge in [-0.25, -0.2) is 8.42 Å². The highest BCUT2D eigenvalue weighted by molar-refractivity contribution is 7.91. The van der Waals surface area contributed by atoms with Crippen molar-refractivity contribution in [2.45, 2.75) is 32.6 Å². The molecule has 1 N–H and O–H groups in total. The Morgan fingerprint density at radius 1 is 1.30 bits per heavy atom. The predicted molar refractivity (Wildman–Crippen MR) is 74.8 cm³/mol. The van der Waals surface area contributed by atoms with Crippen LogP contribution in [0.1, 0.15) is 31.8 Å². The highest BCUT2D eigenvalue weighted by Gasteiger charge is 2.20. The molecule has 0 aliphatic rings. The van der Waals surface area contributed by atoms with Gasteiger partial charge in [-0.15, -0.1) is 0 Å². The van der Waals surface area contributed by atoms with Gasteiger partial charge in [0.2, 0.25) is 0 Å². The van der Waals surface area contributed by atoms with Gasteiger partial charge in [-0.05, 0) is 32.0 Å². The first-order valence-corrected chi connectivity index (χ1v) is 8.43. The lowest BCUT2D eigenvalue weighted by Gasteiger charge is -2.03. The maximum Gasteiger partial charge on any atom is 0.321 e. The SMILES string of the molecule is CCCNCc1ccc(CS(=O)(=O)CC(=O)OCC)o1. The standard InChI is InChI=1S/C13H21NO5S/c1-3-7-14-8-11-5-6-12(19-11)9-20(16,17)10-13(15)18-4-2/h5-6,14H,3-4,7-10H2,1-2H3. The maximum absolute atomic E-state index is 11.8. The Balaban J connectivity index is 2.53. The summed E-state index contributed by atoms with van der Waals surface area (Å²) in [5, 5.41) is 3.16. The van der Waals surface area contributed by atoms with Gasteiger partial charge in [0.1, 0.15) is 23.0 Å². The molecule has 1 rings (SSSR count). The minimum absolute atomic E-state index is 0.169. The lowest BCUT2D eigenvalue weighted by atomic mass is 10.4. The molecule has 0 fully saturated rings. The van der Waals surface area contributed by atoms with Crippen LogP contribution >= 0.6 is 0 Å². The molecule has 0 radical (unpaired) electrons. The highest BCUT2D eigenvalue weighted by Crippen LogP contribution is 2.12. The van der Waals surface area contributed by atoms with Crippen molar-refractivity contribution in [2.75, 3.05) is 18.9 Å². The van der Waals surface area contributed by atoms with Gasteiger partial charge in [-0.2, -0.15) is 0 Å². The molecule has 1 heterocycles. The summed E-state index contributed by atoms with van der Waals surface area (Å²) in [4.78, 5) is 11.2. The molecule has 0 bridgehead atoms. The lowest BCUT2D eigenvalue weighted by molar-refractivity contribution is -0.139. The maximum atomic E-state index is 11.8. The van der Waals surface area contributed by atoms with Crippen LogP contribution < -0.4 is 5.32 Å². The van der Waals surface area contributed by atoms with Crippen molar-refractivity contribution < 1.29 is 22.4 Å². The van der Waals surface area contributed by atoms with Crippen LogP contribution in [0.15, 0.2) is 16.5 Å². The van der Waals surface area contributed by atoms with Gasteiger partial charge in [-0.3, -0.25) is 4.79 Å². The average molecular weight is 303 g/mol. The number of hydrogen-bond donors (Lipinski definition) is 1. The summed E-state index contributed by atoms with van der Waals surface area (Å²) < 4.78 is 33.6. The lowest BCUT2D eigenvalue weighted by Crippen LogP contribution is -2.19. The fourth-order valence-corrected chi connectivity index (χ4v) is 2.77. The number of hydrogen-bond acceptors (Lipinski definition) is 6. The number of ether oxygens (including phenoxy) is 1. The third-order valence-electron chi connectivity index (χ3n) is 2.45. The minimum Gasteiger partial charge on any atom is -0.465 e. The molecule has 1 aromatic heterocycles. The number of sulfone groups is 1. The molecule has 7 heteroatoms. The topological polar surface area (TPSA) is 85.6 Å². The summed E-state index contributed by atoms with van der Waals surface area (Å²) in [6.07, 6.45) is 1.02. The molecular formula is C13H21NO5S. The highest BCUT2D eigenvalue weighted by atomic mass is 32.2. The van der Waals surface area contributed by atoms with E-state index in [4.69, 9.17) is 4.42 Å². The number of carbonyl (C=O) groups is 1. The van der Waals surface area contributed by atoms with E-state index < -0.39 is 21.6 Å². The van der Waals surface area contributed by atoms with Crippen LogP contribution in [0, 0.1) is 0 Å². The Hall–Kier alpha value is -1.34. The quantitative estimate of drug-likeness (QED) is 0.546. The number of carbonyl (C=O) groups excluding carboxylic acids is 1. The first-order chi connectivity index (χ1) is 9.46. The van der Waals surface area contributed by atoms with Crippen LogP contribution in [0.25, 0.3) is 0 Å². The molecule has 0 unspecified atom stereocenters. The average Bonchev–Trinajstić information content (AvgIpc) is 2.75. The second-order valence-electron chi connectivity index (χ2n) is 4.38. The van der Waals surface area contributed by atoms with Crippen LogP contribution in [0.2, 0.25) is 0 Å². The first kappa shape index (κ1) is 16.7. The first-order valence-electron chi connectivity index (χ1n) is 6.61. The fraction of sp³-hybridized carbons (Fsp3) is 0.615. The molecule has 0 saturated heterocycles. The summed E-state index contributed by atoms with van der Waals surface area (Å²) in [6, 6.07) is 3.35. The Morgan fingerprint density at radius 3 is 2.65 bits per heavy atom. The molecule has 6 nitrogen and oxygen atoms in total. The van der Waals surface area contributed by atoms with Crippen LogP contribution in [0.5, 0.6) is 0 Å². The molecule has 0 spiro atoms. The van der Waals surface area contributed by atoms with E-state index in [1.165, 1.54) is 0 Å². The fourth-order valence-electron chi connectivity index (χ4n) is 1.63. The largest absolute Gasteiger partial charge is 0.465 e. The molecule has 0 amide bonds. The third kappa shape index (κ3) is 6.21. The Labute approximate surface area is 119 Å². The van der Waals surface area contributed by atoms with Crippen LogP contribution in [0.4, 0.5) is 0 Å². The van der Waals surface area contributed by atoms with E-state index in [1.807, 2.05) is 0 Å². The zero-order valence-electron chi connectivity index (χ0n) is 11.8. The van der Waals surface area contributed by atoms with Crippen molar-refractivity contribution in [3.63, 3.8) is 0 Å². The Bertz CT molecular complexity index is 521. The summed E-state index contributed by atoms with van der Waals surface area (Å²) in [6.45, 7) is 5.29. The van der Waals surface area contributed by atoms with E-state index in [0.29, 0.717) is 18.1 Å². The van der Waals surface area contributed by atoms with E-state index in [0.717, 1.165) is 13.0 Å². The molecule has 0 saturated carbocycles. The smallest absolute Gasteiger partial charge is 0.321 e. The summed E-state index contributed by atoms with van der Waals surface area (Å²) in [5.74, 6) is -0.629. The van der Waals surface area contributed by atoms with E-state index >= 15 is 0 Å². The molecule has 0 aromatic carbocycles. The van der Waals surface area contributed by atoms with Crippen LogP contribution in [0.3, 0.4) is 0 Å². The Morgan fingerprint density at radius 2 is 2.00 bits per heavy atom. The van der Waals surface area contributed by atoms with E-state index in [-0.39, 0.29) is 12.4 Å². The van der Waals surface area contributed by atoms with E-state index in [1.54, 1.807) is 19.1 Å².